The van der Waals surface area contributed by atoms with Crippen LogP contribution in [0.3, 0.4) is 0 Å². The van der Waals surface area contributed by atoms with Crippen LogP contribution in [0.25, 0.3) is 0 Å². The highest BCUT2D eigenvalue weighted by molar-refractivity contribution is 5.78. The number of rotatable bonds is 23. The molecule has 1 N–H and O–H groups in total. The summed E-state index contributed by atoms with van der Waals surface area (Å²) in [5, 5.41) is 2.94. The number of hydrogen-bond donors (Lipinski definition) is 1. The lowest BCUT2D eigenvalue weighted by atomic mass is 9.47. The first-order valence-corrected chi connectivity index (χ1v) is 21.0. The number of ketones is 1. The van der Waals surface area contributed by atoms with Crippen molar-refractivity contribution in [2.24, 2.45) is 46.3 Å². The summed E-state index contributed by atoms with van der Waals surface area (Å²) >= 11 is 0. The molecule has 4 rings (SSSR count). The molecule has 7 nitrogen and oxygen atoms in total. The SMILES string of the molecule is CCCCC(=O)CCCOCCOCCOCCCNC(=O)OC1CC[C@@]2(C)C(=CC[C@H]3[C@@H]4CC[C@H]([C@H](C)CCCC(C)C)[C@@]4(C)CC[C@@H]32)C1. The molecule has 0 aromatic rings. The predicted molar refractivity (Wildman–Crippen MR) is 202 cm³/mol. The number of carbonyl (C=O) groups is 2. The summed E-state index contributed by atoms with van der Waals surface area (Å²) in [6, 6.07) is 0. The molecule has 0 aromatic heterocycles. The van der Waals surface area contributed by atoms with E-state index in [-0.39, 0.29) is 17.6 Å². The van der Waals surface area contributed by atoms with E-state index in [1.165, 1.54) is 51.4 Å². The number of carbonyl (C=O) groups excluding carboxylic acids is 2. The fourth-order valence-corrected chi connectivity index (χ4v) is 10.7. The molecule has 0 spiro atoms. The second-order valence-electron chi connectivity index (χ2n) is 17.4. The van der Waals surface area contributed by atoms with E-state index in [0.29, 0.717) is 70.2 Å². The maximum absolute atomic E-state index is 12.7. The normalized spacial score (nSPS) is 31.0. The lowest BCUT2D eigenvalue weighted by molar-refractivity contribution is -0.119. The zero-order valence-electron chi connectivity index (χ0n) is 33.0. The number of Topliss-reactive ketones (excluding diaryl/α,β-unsaturated/α-hetero) is 1. The van der Waals surface area contributed by atoms with Crippen molar-refractivity contribution in [2.75, 3.05) is 46.2 Å². The van der Waals surface area contributed by atoms with Gasteiger partial charge in [0.05, 0.1) is 26.4 Å². The second-order valence-corrected chi connectivity index (χ2v) is 17.4. The molecule has 0 bridgehead atoms. The second kappa shape index (κ2) is 20.7. The quantitative estimate of drug-likeness (QED) is 0.0844. The molecule has 0 aliphatic heterocycles. The third-order valence-electron chi connectivity index (χ3n) is 13.6. The smallest absolute Gasteiger partial charge is 0.407 e. The number of nitrogens with one attached hydrogen (secondary N) is 1. The van der Waals surface area contributed by atoms with Gasteiger partial charge in [0.25, 0.3) is 0 Å². The van der Waals surface area contributed by atoms with Crippen LogP contribution in [0.5, 0.6) is 0 Å². The standard InChI is InChI=1S/C43H75NO6/c1-7-8-14-35(45)15-10-25-47-27-29-49-30-28-48-26-11-24-44-41(46)50-36-20-22-42(5)34(31-36)16-17-37-39-19-18-38(33(4)13-9-12-32(2)3)43(39,6)23-21-40(37)42/h16,32-33,36-40H,7-15,17-31H2,1-6H3,(H,44,46)/t33-,36?,37+,38-,39+,40+,42+,43-/m1/s1. The van der Waals surface area contributed by atoms with Crippen LogP contribution >= 0.6 is 0 Å². The minimum absolute atomic E-state index is 0.0204. The Labute approximate surface area is 306 Å². The Balaban J connectivity index is 1.06. The van der Waals surface area contributed by atoms with E-state index in [1.807, 2.05) is 0 Å². The van der Waals surface area contributed by atoms with Gasteiger partial charge in [-0.2, -0.15) is 0 Å². The van der Waals surface area contributed by atoms with Gasteiger partial charge in [0.2, 0.25) is 0 Å². The van der Waals surface area contributed by atoms with Gasteiger partial charge in [-0.3, -0.25) is 4.79 Å². The maximum Gasteiger partial charge on any atom is 0.407 e. The molecular formula is C43H75NO6. The van der Waals surface area contributed by atoms with Gasteiger partial charge in [0, 0.05) is 39.0 Å². The van der Waals surface area contributed by atoms with Crippen molar-refractivity contribution >= 4 is 11.9 Å². The van der Waals surface area contributed by atoms with Gasteiger partial charge in [-0.15, -0.1) is 0 Å². The molecule has 0 radical (unpaired) electrons. The molecule has 288 valence electrons. The molecule has 4 aliphatic carbocycles. The molecule has 50 heavy (non-hydrogen) atoms. The van der Waals surface area contributed by atoms with Crippen molar-refractivity contribution in [1.29, 1.82) is 0 Å². The largest absolute Gasteiger partial charge is 0.446 e. The monoisotopic (exact) mass is 702 g/mol. The zero-order valence-corrected chi connectivity index (χ0v) is 33.0. The van der Waals surface area contributed by atoms with E-state index >= 15 is 0 Å². The summed E-state index contributed by atoms with van der Waals surface area (Å²) in [7, 11) is 0. The van der Waals surface area contributed by atoms with Crippen LogP contribution < -0.4 is 5.32 Å². The van der Waals surface area contributed by atoms with Crippen LogP contribution in [0.1, 0.15) is 151 Å². The molecule has 8 atom stereocenters. The minimum Gasteiger partial charge on any atom is -0.446 e. The third-order valence-corrected chi connectivity index (χ3v) is 13.6. The number of allylic oxidation sites excluding steroid dienone is 1. The molecule has 7 heteroatoms. The molecule has 0 aromatic carbocycles. The van der Waals surface area contributed by atoms with Gasteiger partial charge in [0.1, 0.15) is 11.9 Å². The van der Waals surface area contributed by atoms with Crippen molar-refractivity contribution in [3.8, 4) is 0 Å². The molecule has 3 fully saturated rings. The van der Waals surface area contributed by atoms with Gasteiger partial charge in [-0.25, -0.2) is 4.79 Å². The highest BCUT2D eigenvalue weighted by atomic mass is 16.6. The van der Waals surface area contributed by atoms with Crippen molar-refractivity contribution < 1.29 is 28.5 Å². The first kappa shape index (κ1) is 41.3. The average Bonchev–Trinajstić information content (AvgIpc) is 3.44. The number of unbranched alkanes of at least 4 members (excludes halogenated alkanes) is 1. The summed E-state index contributed by atoms with van der Waals surface area (Å²) in [5.41, 5.74) is 2.36. The van der Waals surface area contributed by atoms with Crippen LogP contribution in [-0.4, -0.2) is 64.2 Å². The number of alkyl carbamates (subject to hydrolysis) is 1. The maximum atomic E-state index is 12.7. The fraction of sp³-hybridized carbons (Fsp3) is 0.907. The van der Waals surface area contributed by atoms with Crippen molar-refractivity contribution in [3.63, 3.8) is 0 Å². The van der Waals surface area contributed by atoms with E-state index in [1.54, 1.807) is 5.57 Å². The lowest BCUT2D eigenvalue weighted by Gasteiger charge is -2.58. The van der Waals surface area contributed by atoms with Crippen LogP contribution in [-0.2, 0) is 23.7 Å². The fourth-order valence-electron chi connectivity index (χ4n) is 10.7. The van der Waals surface area contributed by atoms with Gasteiger partial charge < -0.3 is 24.3 Å². The molecule has 4 aliphatic rings. The first-order chi connectivity index (χ1) is 24.1. The topological polar surface area (TPSA) is 83.1 Å². The highest BCUT2D eigenvalue weighted by Crippen LogP contribution is 2.67. The zero-order chi connectivity index (χ0) is 36.0. The summed E-state index contributed by atoms with van der Waals surface area (Å²) in [6.45, 7) is 18.4. The van der Waals surface area contributed by atoms with Crippen molar-refractivity contribution in [2.45, 2.75) is 157 Å². The summed E-state index contributed by atoms with van der Waals surface area (Å²) in [4.78, 5) is 24.3. The molecule has 3 saturated carbocycles. The van der Waals surface area contributed by atoms with E-state index in [2.05, 4.69) is 52.9 Å². The van der Waals surface area contributed by atoms with Crippen LogP contribution in [0.15, 0.2) is 11.6 Å². The Hall–Kier alpha value is -1.44. The predicted octanol–water partition coefficient (Wildman–Crippen LogP) is 10.1. The van der Waals surface area contributed by atoms with E-state index < -0.39 is 0 Å². The number of amides is 1. The molecule has 0 heterocycles. The van der Waals surface area contributed by atoms with E-state index in [4.69, 9.17) is 18.9 Å². The lowest BCUT2D eigenvalue weighted by Crippen LogP contribution is -2.51. The average molecular weight is 702 g/mol. The minimum atomic E-state index is -0.297. The Morgan fingerprint density at radius 3 is 2.24 bits per heavy atom. The number of hydrogen-bond acceptors (Lipinski definition) is 6. The Morgan fingerprint density at radius 1 is 0.820 bits per heavy atom. The molecule has 1 unspecified atom stereocenters. The molecule has 0 saturated heterocycles. The van der Waals surface area contributed by atoms with Gasteiger partial charge in [-0.1, -0.05) is 78.9 Å². The first-order valence-electron chi connectivity index (χ1n) is 21.0. The third kappa shape index (κ3) is 11.5. The number of fused-ring (bicyclic) bond motifs is 5. The molecule has 1 amide bonds. The van der Waals surface area contributed by atoms with Gasteiger partial charge >= 0.3 is 6.09 Å². The van der Waals surface area contributed by atoms with Gasteiger partial charge in [0.15, 0.2) is 0 Å². The Bertz CT molecular complexity index is 1060. The highest BCUT2D eigenvalue weighted by Gasteiger charge is 2.59. The Morgan fingerprint density at radius 2 is 1.52 bits per heavy atom. The Kier molecular flexibility index (Phi) is 17.1. The number of ether oxygens (including phenoxy) is 4. The van der Waals surface area contributed by atoms with Crippen LogP contribution in [0.2, 0.25) is 0 Å². The summed E-state index contributed by atoms with van der Waals surface area (Å²) in [5.74, 6) is 5.39. The van der Waals surface area contributed by atoms with Crippen LogP contribution in [0, 0.1) is 46.3 Å². The van der Waals surface area contributed by atoms with E-state index in [0.717, 1.165) is 80.5 Å². The van der Waals surface area contributed by atoms with Crippen molar-refractivity contribution in [3.05, 3.63) is 11.6 Å². The van der Waals surface area contributed by atoms with Gasteiger partial charge in [-0.05, 0) is 111 Å². The van der Waals surface area contributed by atoms with E-state index in [9.17, 15) is 9.59 Å². The summed E-state index contributed by atoms with van der Waals surface area (Å²) in [6.07, 6.45) is 21.2. The van der Waals surface area contributed by atoms with Crippen LogP contribution in [0.4, 0.5) is 4.79 Å². The molecular weight excluding hydrogens is 626 g/mol. The summed E-state index contributed by atoms with van der Waals surface area (Å²) < 4.78 is 22.7. The van der Waals surface area contributed by atoms with Crippen molar-refractivity contribution in [1.82, 2.24) is 5.32 Å².